The average Bonchev–Trinajstić information content (AvgIpc) is 0.742. The van der Waals surface area contributed by atoms with Crippen molar-refractivity contribution in [2.75, 3.05) is 33.5 Å². The van der Waals surface area contributed by atoms with Crippen LogP contribution in [0.5, 0.6) is 69.0 Å². The molecule has 0 radical (unpaired) electrons. The molecule has 0 saturated carbocycles. The van der Waals surface area contributed by atoms with Crippen molar-refractivity contribution in [1.29, 1.82) is 0 Å². The van der Waals surface area contributed by atoms with Crippen molar-refractivity contribution >= 4 is 41.4 Å². The molecule has 794 valence electrons. The molecule has 12 heterocycles. The fourth-order valence-electron chi connectivity index (χ4n) is 18.6. The number of amides is 6. The number of ether oxygens (including phenoxy) is 16. The number of aliphatic hydroxyl groups is 17. The number of nitrogens with two attached hydrogens (primary N) is 2. The van der Waals surface area contributed by atoms with E-state index in [1.165, 1.54) is 51.1 Å². The topological polar surface area (TPSA) is 816 Å². The van der Waals surface area contributed by atoms with Crippen LogP contribution >= 0.6 is 0 Å². The standard InChI is InChI=1S/C95H110N8O44/c1-30-47(109)18-37-20-49(30)139-50-19-35(9-16-46(50)108)59(97)84(125)102-64-68(113)33-5-11-40(12-6-33)137-52-21-38-22-53(81(52)145-95-83(76(121)72(117)56(143-95)29-134-91-78(123)73(118)67(112)32(3)136-91)147-94-82(75(120)71(116)55(27-105)142-94)146-92-77(122)69(114)48(110)28-133-92)138-41-13-7-34(8-14-41)80(144-57-25-44(96)66(111)31(2)135-57)65-89(130)101-63(90(131)132-4)43-23-39(106)24-51(140-93-79(124)74(119)70(115)54(26-104)141-93)58(43)42-17-36(10-15-45(42)107)60(85(126)103-65)98-87(128)62(38)99-86(127)61(37)100-88(64)129/h5-24,31-32,44,48,54-57,59-80,82-83,91-95,104-124H,25-29,96-97H2,1-4H3,(H,98,128)(H,99,127)(H,100,129)(H,101,130)(H,102,125)(H,103,126)/t31-,32-,44+,48+,54+,55+,56+,57-,59+,60?,61-,62+,63?,64+,65-,66-,67-,68+,69+,70+,71+,72+,73+,74-,75-,76-,77-,78+,79-,80+,82-,83+,91+,92-,93+,94+,95-/m0/s1. The normalized spacial score (nSPS) is 36.2. The monoisotopic (exact) mass is 2070 g/mol. The molecule has 52 nitrogen and oxygen atoms in total. The van der Waals surface area contributed by atoms with Gasteiger partial charge < -0.3 is 226 Å². The molecular weight excluding hydrogens is 1960 g/mol. The van der Waals surface area contributed by atoms with E-state index in [-0.39, 0.29) is 39.5 Å². The van der Waals surface area contributed by atoms with Gasteiger partial charge >= 0.3 is 5.97 Å². The lowest BCUT2D eigenvalue weighted by Gasteiger charge is -2.48. The third kappa shape index (κ3) is 21.4. The van der Waals surface area contributed by atoms with Crippen molar-refractivity contribution in [2.24, 2.45) is 11.5 Å². The Hall–Kier alpha value is -12.1. The zero-order chi connectivity index (χ0) is 105. The highest BCUT2D eigenvalue weighted by atomic mass is 16.8. The smallest absolute Gasteiger partial charge is 0.333 e. The number of nitrogens with one attached hydrogen (secondary N) is 6. The maximum absolute atomic E-state index is 17.3. The molecule has 147 heavy (non-hydrogen) atoms. The van der Waals surface area contributed by atoms with Gasteiger partial charge in [-0.05, 0) is 133 Å². The van der Waals surface area contributed by atoms with Gasteiger partial charge in [0.05, 0.1) is 51.8 Å². The molecule has 52 heteroatoms. The molecule has 7 aromatic carbocycles. The van der Waals surface area contributed by atoms with Gasteiger partial charge in [0.2, 0.25) is 53.8 Å². The molecule has 31 N–H and O–H groups in total. The number of carbonyl (C=O) groups is 7. The van der Waals surface area contributed by atoms with Gasteiger partial charge in [0, 0.05) is 40.8 Å². The Labute approximate surface area is 831 Å². The molecule has 6 saturated heterocycles. The SMILES string of the molecule is COC(=O)C1NC(=O)[C@H]2NC(=O)C(NC(=O)[C@@H]3NC(=O)[C@H]4NC(=O)[C@H](NC(=O)[C@H](N)c5ccc(O)c(c5)Oc5cc4cc(O)c5C)[C@H](O)c4ccc(cc4)Oc4cc3cc(c4O[C@@H]3O[C@H](CO[C@@H]4O[C@@H](C)[C@H](O)[C@@H](O)[C@H]4O)[C@@H](O)[C@H](O)[C@H]3O[C@H]3O[C@H](CO)[C@@H](O)[C@H](O)[C@@H]3O[C@@H]3OC[C@@H](O)[C@@H](O)[C@@H]3O)Oc3ccc(cc3)[C@H]2O[C@H]2C[C@@H](N)[C@@H](O)[C@H](C)O2)c2ccc(O)c(c2)-c2c(O[C@@H]3O[C@H](CO)[C@@H](O)[C@H](O)[C@@H]3O)cc(O)cc21. The quantitative estimate of drug-likeness (QED) is 0.0400. The molecule has 12 aliphatic heterocycles. The third-order valence-corrected chi connectivity index (χ3v) is 27.1. The minimum Gasteiger partial charge on any atom is -0.508 e. The number of fused-ring (bicyclic) bond motifs is 14. The van der Waals surface area contributed by atoms with Crippen LogP contribution in [0.2, 0.25) is 0 Å². The van der Waals surface area contributed by atoms with E-state index in [0.29, 0.717) is 0 Å². The Bertz CT molecular complexity index is 6010. The zero-order valence-corrected chi connectivity index (χ0v) is 77.9. The van der Waals surface area contributed by atoms with Crippen molar-refractivity contribution in [3.8, 4) is 80.1 Å². The molecule has 0 aliphatic carbocycles. The molecule has 6 fully saturated rings. The number of phenols is 4. The van der Waals surface area contributed by atoms with E-state index in [0.717, 1.165) is 98.1 Å². The van der Waals surface area contributed by atoms with Crippen LogP contribution in [0.1, 0.15) is 107 Å². The van der Waals surface area contributed by atoms with Crippen LogP contribution in [0.3, 0.4) is 0 Å². The van der Waals surface area contributed by atoms with Crippen LogP contribution in [-0.2, 0) is 85.7 Å². The summed E-state index contributed by atoms with van der Waals surface area (Å²) in [6.45, 7) is 0.141. The average molecular weight is 2070 g/mol. The number of hydrogen-bond acceptors (Lipinski definition) is 46. The maximum Gasteiger partial charge on any atom is 0.333 e. The lowest BCUT2D eigenvalue weighted by atomic mass is 9.89. The van der Waals surface area contributed by atoms with Gasteiger partial charge in [-0.25, -0.2) is 4.79 Å². The van der Waals surface area contributed by atoms with Crippen LogP contribution in [-0.4, -0.2) is 366 Å². The number of benzene rings is 7. The molecule has 2 unspecified atom stereocenters. The lowest BCUT2D eigenvalue weighted by Crippen LogP contribution is -2.67. The van der Waals surface area contributed by atoms with Crippen LogP contribution in [0.4, 0.5) is 0 Å². The number of phenolic OH excluding ortho intramolecular Hbond substituents is 4. The minimum atomic E-state index is -2.60. The van der Waals surface area contributed by atoms with Crippen molar-refractivity contribution in [3.63, 3.8) is 0 Å². The minimum absolute atomic E-state index is 0.0673. The van der Waals surface area contributed by atoms with Crippen molar-refractivity contribution in [1.82, 2.24) is 31.9 Å². The summed E-state index contributed by atoms with van der Waals surface area (Å²) in [4.78, 5) is 113. The fraction of sp³-hybridized carbons (Fsp3) is 0.484. The summed E-state index contributed by atoms with van der Waals surface area (Å²) in [6.07, 6.45) is -58.6. The maximum atomic E-state index is 17.3. The summed E-state index contributed by atoms with van der Waals surface area (Å²) in [5.41, 5.74) is 9.22. The number of hydrogen-bond donors (Lipinski definition) is 29. The predicted octanol–water partition coefficient (Wildman–Crippen LogP) is -6.50. The number of carbonyl (C=O) groups excluding carboxylic acids is 7. The Morgan fingerprint density at radius 3 is 1.59 bits per heavy atom. The first-order valence-corrected chi connectivity index (χ1v) is 46.4. The van der Waals surface area contributed by atoms with E-state index in [4.69, 9.17) is 87.3 Å². The first kappa shape index (κ1) is 106. The number of rotatable bonds is 16. The zero-order valence-electron chi connectivity index (χ0n) is 77.9. The largest absolute Gasteiger partial charge is 0.508 e. The summed E-state index contributed by atoms with van der Waals surface area (Å²) in [5, 5.41) is 257. The number of methoxy groups -OCH3 is 1. The van der Waals surface area contributed by atoms with Crippen LogP contribution in [0, 0.1) is 6.92 Å². The van der Waals surface area contributed by atoms with Gasteiger partial charge in [-0.2, -0.15) is 0 Å². The van der Waals surface area contributed by atoms with Gasteiger partial charge in [0.15, 0.2) is 60.3 Å². The number of esters is 1. The molecule has 12 aliphatic rings. The van der Waals surface area contributed by atoms with E-state index in [1.807, 2.05) is 0 Å². The summed E-state index contributed by atoms with van der Waals surface area (Å²) in [5.74, 6) is -17.8. The first-order valence-electron chi connectivity index (χ1n) is 46.4. The van der Waals surface area contributed by atoms with Crippen LogP contribution in [0.25, 0.3) is 11.1 Å². The van der Waals surface area contributed by atoms with E-state index < -0.39 is 386 Å². The fourth-order valence-corrected chi connectivity index (χ4v) is 18.6. The summed E-state index contributed by atoms with van der Waals surface area (Å²) < 4.78 is 99.8. The predicted molar refractivity (Wildman–Crippen MR) is 483 cm³/mol. The summed E-state index contributed by atoms with van der Waals surface area (Å²) in [6, 6.07) is 4.22. The van der Waals surface area contributed by atoms with Gasteiger partial charge in [-0.3, -0.25) is 28.8 Å². The highest BCUT2D eigenvalue weighted by Crippen LogP contribution is 2.51. The first-order chi connectivity index (χ1) is 70.0. The molecule has 6 amide bonds. The summed E-state index contributed by atoms with van der Waals surface area (Å²) in [7, 11) is 0.873. The van der Waals surface area contributed by atoms with Gasteiger partial charge in [-0.15, -0.1) is 0 Å². The molecule has 37 atom stereocenters. The molecule has 0 aromatic heterocycles. The Balaban J connectivity index is 0.908. The second-order valence-corrected chi connectivity index (χ2v) is 36.9. The van der Waals surface area contributed by atoms with E-state index in [9.17, 15) is 117 Å². The molecule has 0 spiro atoms. The molecule has 7 aromatic rings. The summed E-state index contributed by atoms with van der Waals surface area (Å²) >= 11 is 0. The number of aromatic hydroxyl groups is 4. The highest BCUT2D eigenvalue weighted by Gasteiger charge is 2.57. The molecular formula is C95H110N8O44. The third-order valence-electron chi connectivity index (χ3n) is 27.1. The second-order valence-electron chi connectivity index (χ2n) is 36.9. The van der Waals surface area contributed by atoms with Crippen molar-refractivity contribution in [2.45, 2.75) is 254 Å². The van der Waals surface area contributed by atoms with Gasteiger partial charge in [-0.1, -0.05) is 36.4 Å². The Kier molecular flexibility index (Phi) is 31.5. The van der Waals surface area contributed by atoms with Crippen molar-refractivity contribution < 1.29 is 217 Å². The Morgan fingerprint density at radius 2 is 0.946 bits per heavy atom. The van der Waals surface area contributed by atoms with Crippen LogP contribution in [0.15, 0.2) is 121 Å². The van der Waals surface area contributed by atoms with Gasteiger partial charge in [0.1, 0.15) is 192 Å². The molecule has 19 rings (SSSR count). The van der Waals surface area contributed by atoms with Crippen LogP contribution < -0.4 is 67.1 Å². The van der Waals surface area contributed by atoms with E-state index in [2.05, 4.69) is 31.9 Å². The van der Waals surface area contributed by atoms with Crippen molar-refractivity contribution in [3.05, 3.63) is 166 Å². The number of aliphatic hydroxyl groups excluding tert-OH is 17. The Morgan fingerprint density at radius 1 is 0.429 bits per heavy atom. The van der Waals surface area contributed by atoms with E-state index >= 15 is 24.0 Å². The van der Waals surface area contributed by atoms with Gasteiger partial charge in [0.25, 0.3) is 0 Å². The van der Waals surface area contributed by atoms with E-state index in [1.54, 1.807) is 0 Å². The molecule has 17 bridgehead atoms. The second kappa shape index (κ2) is 43.6. The lowest BCUT2D eigenvalue weighted by molar-refractivity contribution is -0.385. The highest BCUT2D eigenvalue weighted by molar-refractivity contribution is 6.00.